The van der Waals surface area contributed by atoms with Crippen LogP contribution >= 0.6 is 0 Å². The van der Waals surface area contributed by atoms with Crippen LogP contribution < -0.4 is 4.74 Å². The van der Waals surface area contributed by atoms with Gasteiger partial charge in [0.2, 0.25) is 17.6 Å². The monoisotopic (exact) mass is 544 g/mol. The maximum Gasteiger partial charge on any atom is 0.293 e. The SMILES string of the molecule is [C-]#[N+]c1ncn(-c2cc(CC(C)(C)C)cc(Oc3cc(CC(C)(C)C)cc(-n4cnc(C#N)c4C#N)n3)n2)c1[N+]#[C-]. The Morgan fingerprint density at radius 1 is 0.780 bits per heavy atom. The molecule has 0 aliphatic rings. The zero-order valence-corrected chi connectivity index (χ0v) is 23.8. The Labute approximate surface area is 239 Å². The molecule has 0 aromatic carbocycles. The van der Waals surface area contributed by atoms with Crippen LogP contribution in [0.4, 0.5) is 11.6 Å². The van der Waals surface area contributed by atoms with Crippen LogP contribution in [0.3, 0.4) is 0 Å². The molecule has 0 amide bonds. The van der Waals surface area contributed by atoms with Crippen molar-refractivity contribution in [2.75, 3.05) is 0 Å². The minimum absolute atomic E-state index is 0.00273. The summed E-state index contributed by atoms with van der Waals surface area (Å²) in [6.45, 7) is 27.6. The highest BCUT2D eigenvalue weighted by Gasteiger charge is 2.22. The lowest BCUT2D eigenvalue weighted by Gasteiger charge is -2.20. The highest BCUT2D eigenvalue weighted by Crippen LogP contribution is 2.33. The zero-order valence-electron chi connectivity index (χ0n) is 23.8. The average molecular weight is 545 g/mol. The van der Waals surface area contributed by atoms with Gasteiger partial charge >= 0.3 is 0 Å². The summed E-state index contributed by atoms with van der Waals surface area (Å²) >= 11 is 0. The number of ether oxygens (including phenoxy) is 1. The quantitative estimate of drug-likeness (QED) is 0.248. The molecule has 4 aromatic rings. The zero-order chi connectivity index (χ0) is 29.9. The first-order valence-electron chi connectivity index (χ1n) is 12.7. The molecule has 204 valence electrons. The normalized spacial score (nSPS) is 11.3. The predicted molar refractivity (Wildman–Crippen MR) is 151 cm³/mol. The van der Waals surface area contributed by atoms with Crippen molar-refractivity contribution < 1.29 is 4.74 Å². The maximum absolute atomic E-state index is 9.69. The van der Waals surface area contributed by atoms with Gasteiger partial charge < -0.3 is 14.4 Å². The molecule has 4 heterocycles. The van der Waals surface area contributed by atoms with E-state index in [4.69, 9.17) is 17.9 Å². The number of pyridine rings is 2. The molecule has 11 heteroatoms. The fourth-order valence-corrected chi connectivity index (χ4v) is 4.37. The molecule has 0 atom stereocenters. The first-order valence-corrected chi connectivity index (χ1v) is 12.7. The van der Waals surface area contributed by atoms with Crippen molar-refractivity contribution in [1.29, 1.82) is 10.5 Å². The molecule has 0 saturated carbocycles. The molecular formula is C30H28N10O. The van der Waals surface area contributed by atoms with Crippen molar-refractivity contribution in [3.8, 4) is 35.5 Å². The van der Waals surface area contributed by atoms with Crippen LogP contribution in [0, 0.1) is 46.6 Å². The molecule has 0 spiro atoms. The van der Waals surface area contributed by atoms with Gasteiger partial charge in [0.15, 0.2) is 11.4 Å². The van der Waals surface area contributed by atoms with Crippen LogP contribution in [-0.2, 0) is 12.8 Å². The van der Waals surface area contributed by atoms with Gasteiger partial charge in [-0.2, -0.15) is 20.5 Å². The molecule has 0 unspecified atom stereocenters. The number of nitriles is 2. The summed E-state index contributed by atoms with van der Waals surface area (Å²) in [5.74, 6) is 1.31. The number of hydrogen-bond acceptors (Lipinski definition) is 7. The first kappa shape index (κ1) is 28.5. The summed E-state index contributed by atoms with van der Waals surface area (Å²) in [5.41, 5.74) is 1.80. The van der Waals surface area contributed by atoms with E-state index in [-0.39, 0.29) is 45.6 Å². The van der Waals surface area contributed by atoms with E-state index < -0.39 is 0 Å². The van der Waals surface area contributed by atoms with Crippen molar-refractivity contribution in [2.45, 2.75) is 54.4 Å². The van der Waals surface area contributed by atoms with Gasteiger partial charge in [0.25, 0.3) is 18.0 Å². The Morgan fingerprint density at radius 2 is 1.32 bits per heavy atom. The van der Waals surface area contributed by atoms with Crippen molar-refractivity contribution >= 4 is 11.6 Å². The number of rotatable bonds is 6. The largest absolute Gasteiger partial charge is 0.420 e. The number of hydrogen-bond donors (Lipinski definition) is 0. The molecule has 11 nitrogen and oxygen atoms in total. The fourth-order valence-electron chi connectivity index (χ4n) is 4.37. The van der Waals surface area contributed by atoms with Crippen LogP contribution in [0.25, 0.3) is 21.3 Å². The number of nitrogens with zero attached hydrogens (tertiary/aromatic N) is 10. The molecule has 0 bridgehead atoms. The molecule has 0 fully saturated rings. The minimum Gasteiger partial charge on any atom is -0.420 e. The molecule has 0 saturated heterocycles. The molecular weight excluding hydrogens is 516 g/mol. The van der Waals surface area contributed by atoms with E-state index in [9.17, 15) is 10.5 Å². The van der Waals surface area contributed by atoms with Gasteiger partial charge in [-0.1, -0.05) is 59.7 Å². The van der Waals surface area contributed by atoms with Crippen molar-refractivity contribution in [3.63, 3.8) is 0 Å². The third kappa shape index (κ3) is 6.56. The maximum atomic E-state index is 9.69. The predicted octanol–water partition coefficient (Wildman–Crippen LogP) is 6.66. The Kier molecular flexibility index (Phi) is 7.59. The summed E-state index contributed by atoms with van der Waals surface area (Å²) < 4.78 is 9.19. The van der Waals surface area contributed by atoms with E-state index in [0.717, 1.165) is 11.1 Å². The second-order valence-electron chi connectivity index (χ2n) is 11.9. The van der Waals surface area contributed by atoms with E-state index in [1.165, 1.54) is 21.8 Å². The van der Waals surface area contributed by atoms with Crippen LogP contribution in [-0.4, -0.2) is 29.1 Å². The third-order valence-corrected chi connectivity index (χ3v) is 5.78. The van der Waals surface area contributed by atoms with Gasteiger partial charge in [-0.3, -0.25) is 4.57 Å². The van der Waals surface area contributed by atoms with Crippen LogP contribution in [0.5, 0.6) is 11.8 Å². The van der Waals surface area contributed by atoms with Crippen LogP contribution in [0.1, 0.15) is 64.1 Å². The van der Waals surface area contributed by atoms with Gasteiger partial charge in [-0.25, -0.2) is 9.55 Å². The lowest BCUT2D eigenvalue weighted by Crippen LogP contribution is -2.11. The number of aromatic nitrogens is 6. The molecule has 0 aliphatic heterocycles. The molecule has 4 aromatic heterocycles. The molecule has 4 rings (SSSR count). The van der Waals surface area contributed by atoms with Gasteiger partial charge in [0.1, 0.15) is 24.3 Å². The Balaban J connectivity index is 1.86. The fraction of sp³-hybridized carbons (Fsp3) is 0.333. The summed E-state index contributed by atoms with van der Waals surface area (Å²) in [6, 6.07) is 11.3. The Hall–Kier alpha value is -5.52. The Bertz CT molecular complexity index is 1660. The van der Waals surface area contributed by atoms with E-state index in [1.807, 2.05) is 36.4 Å². The van der Waals surface area contributed by atoms with Gasteiger partial charge in [0, 0.05) is 18.2 Å². The summed E-state index contributed by atoms with van der Waals surface area (Å²) in [6.07, 6.45) is 4.18. The highest BCUT2D eigenvalue weighted by atomic mass is 16.5. The standard InChI is InChI=1S/C30H28N10O/c1-29(2,3)13-19-9-23(39-17-35-21(15-31)22(39)16-32)37-25(11-19)41-26-12-20(14-30(4,5)6)10-24(38-26)40-18-36-27(33-7)28(40)34-8/h9-12,17-18H,13-14H2,1-6H3. The van der Waals surface area contributed by atoms with Gasteiger partial charge in [-0.15, -0.1) is 0 Å². The molecule has 0 aliphatic carbocycles. The van der Waals surface area contributed by atoms with E-state index in [1.54, 1.807) is 0 Å². The summed E-state index contributed by atoms with van der Waals surface area (Å²) in [7, 11) is 0. The average Bonchev–Trinajstić information content (AvgIpc) is 3.49. The second-order valence-corrected chi connectivity index (χ2v) is 11.9. The lowest BCUT2D eigenvalue weighted by molar-refractivity contribution is 0.404. The first-order chi connectivity index (χ1) is 19.3. The van der Waals surface area contributed by atoms with Gasteiger partial charge in [0.05, 0.1) is 0 Å². The van der Waals surface area contributed by atoms with Crippen LogP contribution in [0.15, 0.2) is 36.9 Å². The van der Waals surface area contributed by atoms with Crippen molar-refractivity contribution in [2.24, 2.45) is 10.8 Å². The van der Waals surface area contributed by atoms with Gasteiger partial charge in [-0.05, 0) is 40.9 Å². The van der Waals surface area contributed by atoms with E-state index in [0.29, 0.717) is 24.5 Å². The van der Waals surface area contributed by atoms with Crippen LogP contribution in [0.2, 0.25) is 0 Å². The van der Waals surface area contributed by atoms with Crippen molar-refractivity contribution in [3.05, 3.63) is 82.3 Å². The Morgan fingerprint density at radius 3 is 1.78 bits per heavy atom. The smallest absolute Gasteiger partial charge is 0.293 e. The third-order valence-electron chi connectivity index (χ3n) is 5.78. The van der Waals surface area contributed by atoms with Crippen molar-refractivity contribution in [1.82, 2.24) is 29.1 Å². The number of imidazole rings is 2. The lowest BCUT2D eigenvalue weighted by atomic mass is 9.88. The van der Waals surface area contributed by atoms with E-state index in [2.05, 4.69) is 71.2 Å². The highest BCUT2D eigenvalue weighted by molar-refractivity contribution is 5.65. The molecule has 0 radical (unpaired) electrons. The topological polar surface area (TPSA) is 127 Å². The minimum atomic E-state index is -0.0586. The molecule has 41 heavy (non-hydrogen) atoms. The molecule has 0 N–H and O–H groups in total. The summed E-state index contributed by atoms with van der Waals surface area (Å²) in [4.78, 5) is 24.2. The second kappa shape index (κ2) is 10.9. The van der Waals surface area contributed by atoms with E-state index >= 15 is 0 Å². The summed E-state index contributed by atoms with van der Waals surface area (Å²) in [5, 5.41) is 19.1.